The van der Waals surface area contributed by atoms with Crippen molar-refractivity contribution in [3.63, 3.8) is 0 Å². The van der Waals surface area contributed by atoms with E-state index in [4.69, 9.17) is 4.84 Å². The summed E-state index contributed by atoms with van der Waals surface area (Å²) < 4.78 is 0. The van der Waals surface area contributed by atoms with Gasteiger partial charge in [-0.25, -0.2) is 4.99 Å². The molecule has 0 radical (unpaired) electrons. The third-order valence-corrected chi connectivity index (χ3v) is 1.84. The Morgan fingerprint density at radius 1 is 1.29 bits per heavy atom. The maximum Gasteiger partial charge on any atom is 0.113 e. The number of hydrogen-bond donors (Lipinski definition) is 1. The molecule has 0 bridgehead atoms. The summed E-state index contributed by atoms with van der Waals surface area (Å²) in [6, 6.07) is 8.13. The first-order chi connectivity index (χ1) is 6.86. The zero-order chi connectivity index (χ0) is 10.2. The predicted octanol–water partition coefficient (Wildman–Crippen LogP) is 2.45. The topological polar surface area (TPSA) is 33.6 Å². The molecule has 0 atom stereocenters. The monoisotopic (exact) mass is 192 g/mol. The highest BCUT2D eigenvalue weighted by Crippen LogP contribution is 2.12. The summed E-state index contributed by atoms with van der Waals surface area (Å²) in [6.45, 7) is 4.67. The van der Waals surface area contributed by atoms with Gasteiger partial charge in [0, 0.05) is 0 Å². The lowest BCUT2D eigenvalue weighted by Crippen LogP contribution is -2.10. The van der Waals surface area contributed by atoms with E-state index in [1.807, 2.05) is 19.1 Å². The lowest BCUT2D eigenvalue weighted by molar-refractivity contribution is 0.100. The fraction of sp³-hybridized carbons (Fsp3) is 0.364. The first-order valence-corrected chi connectivity index (χ1v) is 4.85. The molecule has 0 amide bonds. The molecule has 0 unspecified atom stereocenters. The highest BCUT2D eigenvalue weighted by atomic mass is 16.6. The number of hydroxylamine groups is 1. The fourth-order valence-electron chi connectivity index (χ4n) is 1.04. The van der Waals surface area contributed by atoms with Crippen molar-refractivity contribution in [2.45, 2.75) is 20.3 Å². The second-order valence-electron chi connectivity index (χ2n) is 2.83. The first-order valence-electron chi connectivity index (χ1n) is 4.85. The Morgan fingerprint density at radius 2 is 2.00 bits per heavy atom. The summed E-state index contributed by atoms with van der Waals surface area (Å²) in [5, 5.41) is 0. The molecule has 3 nitrogen and oxygen atoms in total. The van der Waals surface area contributed by atoms with Crippen molar-refractivity contribution in [2.75, 3.05) is 6.61 Å². The molecule has 1 rings (SSSR count). The van der Waals surface area contributed by atoms with Gasteiger partial charge in [-0.15, -0.1) is 0 Å². The number of benzene rings is 1. The van der Waals surface area contributed by atoms with E-state index in [9.17, 15) is 0 Å². The summed E-state index contributed by atoms with van der Waals surface area (Å²) in [7, 11) is 0. The lowest BCUT2D eigenvalue weighted by atomic mass is 10.2. The van der Waals surface area contributed by atoms with Crippen molar-refractivity contribution in [1.82, 2.24) is 5.48 Å². The average molecular weight is 192 g/mol. The van der Waals surface area contributed by atoms with Crippen LogP contribution in [-0.2, 0) is 11.3 Å². The molecule has 3 heteroatoms. The van der Waals surface area contributed by atoms with Crippen LogP contribution in [0.25, 0.3) is 0 Å². The van der Waals surface area contributed by atoms with Gasteiger partial charge in [-0.3, -0.25) is 10.3 Å². The van der Waals surface area contributed by atoms with Crippen molar-refractivity contribution in [1.29, 1.82) is 0 Å². The molecule has 0 saturated heterocycles. The van der Waals surface area contributed by atoms with Crippen molar-refractivity contribution in [3.8, 4) is 0 Å². The first kappa shape index (κ1) is 10.7. The van der Waals surface area contributed by atoms with Crippen molar-refractivity contribution in [2.24, 2.45) is 4.99 Å². The van der Waals surface area contributed by atoms with Crippen LogP contribution in [0.4, 0.5) is 5.69 Å². The van der Waals surface area contributed by atoms with Crippen molar-refractivity contribution < 1.29 is 4.84 Å². The minimum absolute atomic E-state index is 0.626. The van der Waals surface area contributed by atoms with E-state index in [2.05, 4.69) is 29.5 Å². The molecule has 0 fully saturated rings. The fourth-order valence-corrected chi connectivity index (χ4v) is 1.04. The summed E-state index contributed by atoms with van der Waals surface area (Å²) in [6.07, 6.45) is 2.60. The summed E-state index contributed by atoms with van der Waals surface area (Å²) >= 11 is 0. The van der Waals surface area contributed by atoms with Crippen molar-refractivity contribution in [3.05, 3.63) is 29.8 Å². The zero-order valence-corrected chi connectivity index (χ0v) is 8.66. The van der Waals surface area contributed by atoms with Crippen LogP contribution in [-0.4, -0.2) is 12.9 Å². The largest absolute Gasteiger partial charge is 0.276 e. The van der Waals surface area contributed by atoms with E-state index >= 15 is 0 Å². The molecule has 0 saturated carbocycles. The molecule has 0 aliphatic heterocycles. The van der Waals surface area contributed by atoms with E-state index in [0.717, 1.165) is 12.1 Å². The molecule has 0 aromatic heterocycles. The molecule has 1 aromatic carbocycles. The molecule has 0 aliphatic carbocycles. The molecule has 14 heavy (non-hydrogen) atoms. The van der Waals surface area contributed by atoms with Crippen LogP contribution in [0.2, 0.25) is 0 Å². The van der Waals surface area contributed by atoms with Crippen LogP contribution in [0.5, 0.6) is 0 Å². The summed E-state index contributed by atoms with van der Waals surface area (Å²) in [5.41, 5.74) is 4.87. The lowest BCUT2D eigenvalue weighted by Gasteiger charge is -1.98. The third kappa shape index (κ3) is 3.58. The van der Waals surface area contributed by atoms with Gasteiger partial charge in [-0.1, -0.05) is 19.1 Å². The highest BCUT2D eigenvalue weighted by molar-refractivity contribution is 5.59. The Balaban J connectivity index is 2.47. The molecule has 0 spiro atoms. The van der Waals surface area contributed by atoms with Gasteiger partial charge in [-0.05, 0) is 31.0 Å². The summed E-state index contributed by atoms with van der Waals surface area (Å²) in [5.74, 6) is 0. The Bertz CT molecular complexity index is 280. The van der Waals surface area contributed by atoms with E-state index in [-0.39, 0.29) is 0 Å². The van der Waals surface area contributed by atoms with Crippen LogP contribution < -0.4 is 5.48 Å². The number of rotatable bonds is 5. The van der Waals surface area contributed by atoms with Crippen LogP contribution in [0.3, 0.4) is 0 Å². The Morgan fingerprint density at radius 3 is 2.57 bits per heavy atom. The van der Waals surface area contributed by atoms with Crippen LogP contribution in [0.15, 0.2) is 29.3 Å². The Hall–Kier alpha value is -1.35. The van der Waals surface area contributed by atoms with Crippen LogP contribution in [0.1, 0.15) is 19.4 Å². The van der Waals surface area contributed by atoms with Gasteiger partial charge in [-0.2, -0.15) is 0 Å². The molecule has 76 valence electrons. The van der Waals surface area contributed by atoms with E-state index in [1.54, 1.807) is 6.34 Å². The van der Waals surface area contributed by atoms with Gasteiger partial charge in [0.15, 0.2) is 0 Å². The standard InChI is InChI=1S/C11H16N2O/c1-3-10-5-7-11(8-6-10)12-9-13-14-4-2/h5-9H,3-4H2,1-2H3,(H,12,13). The summed E-state index contributed by atoms with van der Waals surface area (Å²) in [4.78, 5) is 9.06. The number of aliphatic imine (C=N–C) groups is 1. The average Bonchev–Trinajstić information content (AvgIpc) is 2.25. The normalized spacial score (nSPS) is 10.7. The van der Waals surface area contributed by atoms with Gasteiger partial charge in [0.1, 0.15) is 6.34 Å². The number of hydrogen-bond acceptors (Lipinski definition) is 2. The van der Waals surface area contributed by atoms with E-state index < -0.39 is 0 Å². The van der Waals surface area contributed by atoms with Gasteiger partial charge in [0.2, 0.25) is 0 Å². The van der Waals surface area contributed by atoms with Crippen molar-refractivity contribution >= 4 is 12.0 Å². The van der Waals surface area contributed by atoms with Gasteiger partial charge in [0.25, 0.3) is 0 Å². The Kier molecular flexibility index (Phi) is 4.72. The minimum Gasteiger partial charge on any atom is -0.276 e. The van der Waals surface area contributed by atoms with E-state index in [1.165, 1.54) is 5.56 Å². The van der Waals surface area contributed by atoms with Gasteiger partial charge < -0.3 is 0 Å². The maximum atomic E-state index is 4.90. The molecule has 0 aliphatic rings. The molecular weight excluding hydrogens is 176 g/mol. The second-order valence-corrected chi connectivity index (χ2v) is 2.83. The number of nitrogens with zero attached hydrogens (tertiary/aromatic N) is 1. The van der Waals surface area contributed by atoms with Crippen LogP contribution >= 0.6 is 0 Å². The SMILES string of the molecule is CCONC=Nc1ccc(CC)cc1. The predicted molar refractivity (Wildman–Crippen MR) is 58.7 cm³/mol. The highest BCUT2D eigenvalue weighted by Gasteiger charge is 1.89. The zero-order valence-electron chi connectivity index (χ0n) is 8.66. The molecular formula is C11H16N2O. The smallest absolute Gasteiger partial charge is 0.113 e. The van der Waals surface area contributed by atoms with E-state index in [0.29, 0.717) is 6.61 Å². The quantitative estimate of drug-likeness (QED) is 0.336. The van der Waals surface area contributed by atoms with Gasteiger partial charge >= 0.3 is 0 Å². The van der Waals surface area contributed by atoms with Crippen LogP contribution in [0, 0.1) is 0 Å². The molecule has 1 N–H and O–H groups in total. The maximum absolute atomic E-state index is 4.90. The molecule has 0 heterocycles. The second kappa shape index (κ2) is 6.16. The Labute approximate surface area is 84.8 Å². The van der Waals surface area contributed by atoms with Gasteiger partial charge in [0.05, 0.1) is 12.3 Å². The third-order valence-electron chi connectivity index (χ3n) is 1.84. The minimum atomic E-state index is 0.626. The number of nitrogens with one attached hydrogen (secondary N) is 1. The number of aryl methyl sites for hydroxylation is 1. The molecule has 1 aromatic rings.